The molecule has 1 saturated carbocycles. The van der Waals surface area contributed by atoms with E-state index in [0.717, 1.165) is 30.3 Å². The number of ether oxygens (including phenoxy) is 1. The third-order valence-corrected chi connectivity index (χ3v) is 4.26. The molecule has 1 aromatic carbocycles. The van der Waals surface area contributed by atoms with Crippen LogP contribution in [-0.2, 0) is 0 Å². The van der Waals surface area contributed by atoms with Crippen LogP contribution in [0.5, 0.6) is 5.75 Å². The van der Waals surface area contributed by atoms with Gasteiger partial charge in [0.05, 0.1) is 11.6 Å². The normalized spacial score (nSPS) is 16.7. The van der Waals surface area contributed by atoms with Crippen molar-refractivity contribution in [3.05, 3.63) is 23.2 Å². The predicted octanol–water partition coefficient (Wildman–Crippen LogP) is 5.51. The third kappa shape index (κ3) is 4.90. The van der Waals surface area contributed by atoms with Crippen LogP contribution in [0.25, 0.3) is 0 Å². The van der Waals surface area contributed by atoms with Crippen LogP contribution in [0, 0.1) is 5.92 Å². The van der Waals surface area contributed by atoms with Crippen molar-refractivity contribution in [2.75, 3.05) is 18.5 Å². The number of benzene rings is 1. The summed E-state index contributed by atoms with van der Waals surface area (Å²) in [5, 5.41) is 4.22. The highest BCUT2D eigenvalue weighted by Crippen LogP contribution is 2.29. The van der Waals surface area contributed by atoms with E-state index in [-0.39, 0.29) is 0 Å². The maximum absolute atomic E-state index is 6.25. The van der Waals surface area contributed by atoms with Crippen molar-refractivity contribution in [2.24, 2.45) is 5.92 Å². The van der Waals surface area contributed by atoms with E-state index in [1.165, 1.54) is 38.5 Å². The van der Waals surface area contributed by atoms with E-state index in [1.807, 2.05) is 12.1 Å². The summed E-state index contributed by atoms with van der Waals surface area (Å²) in [5.74, 6) is 1.60. The Morgan fingerprint density at radius 1 is 1.20 bits per heavy atom. The van der Waals surface area contributed by atoms with Crippen LogP contribution in [0.2, 0.25) is 5.02 Å². The van der Waals surface area contributed by atoms with Gasteiger partial charge in [0, 0.05) is 12.2 Å². The van der Waals surface area contributed by atoms with E-state index in [9.17, 15) is 0 Å². The Morgan fingerprint density at radius 3 is 2.60 bits per heavy atom. The molecule has 1 aromatic rings. The van der Waals surface area contributed by atoms with Gasteiger partial charge in [0.15, 0.2) is 0 Å². The smallest absolute Gasteiger partial charge is 0.138 e. The molecule has 1 aliphatic carbocycles. The molecule has 0 bridgehead atoms. The average molecular weight is 296 g/mol. The largest absolute Gasteiger partial charge is 0.492 e. The van der Waals surface area contributed by atoms with Gasteiger partial charge < -0.3 is 10.1 Å². The Morgan fingerprint density at radius 2 is 1.95 bits per heavy atom. The van der Waals surface area contributed by atoms with E-state index < -0.39 is 0 Å². The van der Waals surface area contributed by atoms with Crippen LogP contribution >= 0.6 is 11.6 Å². The summed E-state index contributed by atoms with van der Waals surface area (Å²) >= 11 is 6.25. The lowest BCUT2D eigenvalue weighted by atomic mass is 10.0. The number of hydrogen-bond donors (Lipinski definition) is 1. The van der Waals surface area contributed by atoms with Gasteiger partial charge in [0.2, 0.25) is 0 Å². The molecule has 1 fully saturated rings. The number of hydrogen-bond acceptors (Lipinski definition) is 2. The monoisotopic (exact) mass is 295 g/mol. The van der Waals surface area contributed by atoms with E-state index in [4.69, 9.17) is 16.3 Å². The first-order valence-corrected chi connectivity index (χ1v) is 8.33. The van der Waals surface area contributed by atoms with Crippen LogP contribution < -0.4 is 10.1 Å². The Labute approximate surface area is 127 Å². The Hall–Kier alpha value is -0.890. The summed E-state index contributed by atoms with van der Waals surface area (Å²) in [6.45, 7) is 3.87. The zero-order chi connectivity index (χ0) is 14.2. The van der Waals surface area contributed by atoms with Crippen LogP contribution in [0.1, 0.15) is 51.9 Å². The van der Waals surface area contributed by atoms with Gasteiger partial charge in [-0.2, -0.15) is 0 Å². The van der Waals surface area contributed by atoms with Gasteiger partial charge in [-0.05, 0) is 43.4 Å². The Bertz CT molecular complexity index is 400. The molecule has 0 spiro atoms. The minimum Gasteiger partial charge on any atom is -0.492 e. The topological polar surface area (TPSA) is 21.3 Å². The molecule has 112 valence electrons. The number of rotatable bonds is 6. The second-order valence-electron chi connectivity index (χ2n) is 5.73. The van der Waals surface area contributed by atoms with Crippen LogP contribution in [0.4, 0.5) is 5.69 Å². The zero-order valence-electron chi connectivity index (χ0n) is 12.5. The maximum atomic E-state index is 6.25. The average Bonchev–Trinajstić information content (AvgIpc) is 2.73. The molecule has 1 N–H and O–H groups in total. The molecule has 2 nitrogen and oxygen atoms in total. The molecule has 0 aromatic heterocycles. The number of halogens is 1. The predicted molar refractivity (Wildman–Crippen MR) is 86.9 cm³/mol. The summed E-state index contributed by atoms with van der Waals surface area (Å²) < 4.78 is 5.59. The Balaban J connectivity index is 1.84. The van der Waals surface area contributed by atoms with Crippen LogP contribution in [0.15, 0.2) is 18.2 Å². The fraction of sp³-hybridized carbons (Fsp3) is 0.647. The van der Waals surface area contributed by atoms with Gasteiger partial charge in [0.25, 0.3) is 0 Å². The molecule has 20 heavy (non-hydrogen) atoms. The van der Waals surface area contributed by atoms with Gasteiger partial charge in [-0.15, -0.1) is 0 Å². The second-order valence-corrected chi connectivity index (χ2v) is 6.14. The van der Waals surface area contributed by atoms with E-state index in [0.29, 0.717) is 11.6 Å². The number of nitrogens with one attached hydrogen (secondary N) is 1. The summed E-state index contributed by atoms with van der Waals surface area (Å²) in [6.07, 6.45) is 9.31. The van der Waals surface area contributed by atoms with E-state index >= 15 is 0 Å². The number of anilines is 1. The lowest BCUT2D eigenvalue weighted by Crippen LogP contribution is -2.13. The second kappa shape index (κ2) is 8.41. The van der Waals surface area contributed by atoms with Crippen molar-refractivity contribution < 1.29 is 4.74 Å². The molecular formula is C17H26ClNO. The van der Waals surface area contributed by atoms with E-state index in [1.54, 1.807) is 0 Å². The lowest BCUT2D eigenvalue weighted by molar-refractivity contribution is 0.317. The zero-order valence-corrected chi connectivity index (χ0v) is 13.2. The van der Waals surface area contributed by atoms with Crippen LogP contribution in [-0.4, -0.2) is 13.2 Å². The molecule has 2 rings (SSSR count). The first-order valence-electron chi connectivity index (χ1n) is 7.96. The van der Waals surface area contributed by atoms with E-state index in [2.05, 4.69) is 18.3 Å². The molecule has 0 aliphatic heterocycles. The van der Waals surface area contributed by atoms with Gasteiger partial charge in [-0.1, -0.05) is 44.2 Å². The third-order valence-electron chi connectivity index (χ3n) is 3.96. The van der Waals surface area contributed by atoms with Crippen molar-refractivity contribution in [1.82, 2.24) is 0 Å². The Kier molecular flexibility index (Phi) is 6.52. The summed E-state index contributed by atoms with van der Waals surface area (Å²) in [5.41, 5.74) is 1.10. The lowest BCUT2D eigenvalue weighted by Gasteiger charge is -2.16. The van der Waals surface area contributed by atoms with Crippen molar-refractivity contribution in [2.45, 2.75) is 51.9 Å². The van der Waals surface area contributed by atoms with Crippen molar-refractivity contribution >= 4 is 17.3 Å². The molecule has 0 saturated heterocycles. The molecule has 0 unspecified atom stereocenters. The minimum absolute atomic E-state index is 0.698. The molecule has 0 amide bonds. The van der Waals surface area contributed by atoms with Gasteiger partial charge >= 0.3 is 0 Å². The highest BCUT2D eigenvalue weighted by atomic mass is 35.5. The fourth-order valence-electron chi connectivity index (χ4n) is 2.77. The first-order chi connectivity index (χ1) is 9.79. The quantitative estimate of drug-likeness (QED) is 0.699. The minimum atomic E-state index is 0.698. The highest BCUT2D eigenvalue weighted by molar-refractivity contribution is 6.32. The maximum Gasteiger partial charge on any atom is 0.138 e. The molecule has 0 atom stereocenters. The molecule has 0 radical (unpaired) electrons. The summed E-state index contributed by atoms with van der Waals surface area (Å²) in [6, 6.07) is 6.00. The SMILES string of the molecule is CCCOc1ccc(NCC2CCCCCC2)cc1Cl. The standard InChI is InChI=1S/C17H26ClNO/c1-2-11-20-17-10-9-15(12-16(17)18)19-13-14-7-5-3-4-6-8-14/h9-10,12,14,19H,2-8,11,13H2,1H3. The summed E-state index contributed by atoms with van der Waals surface area (Å²) in [4.78, 5) is 0. The fourth-order valence-corrected chi connectivity index (χ4v) is 3.01. The van der Waals surface area contributed by atoms with Gasteiger partial charge in [-0.25, -0.2) is 0 Å². The van der Waals surface area contributed by atoms with Crippen molar-refractivity contribution in [1.29, 1.82) is 0 Å². The van der Waals surface area contributed by atoms with Crippen LogP contribution in [0.3, 0.4) is 0 Å². The first kappa shape index (κ1) is 15.5. The van der Waals surface area contributed by atoms with Crippen molar-refractivity contribution in [3.8, 4) is 5.75 Å². The molecule has 1 aliphatic rings. The van der Waals surface area contributed by atoms with Crippen molar-refractivity contribution in [3.63, 3.8) is 0 Å². The molecular weight excluding hydrogens is 270 g/mol. The molecule has 0 heterocycles. The van der Waals surface area contributed by atoms with Gasteiger partial charge in [-0.3, -0.25) is 0 Å². The summed E-state index contributed by atoms with van der Waals surface area (Å²) in [7, 11) is 0. The highest BCUT2D eigenvalue weighted by Gasteiger charge is 2.12. The molecule has 3 heteroatoms. The van der Waals surface area contributed by atoms with Gasteiger partial charge in [0.1, 0.15) is 5.75 Å².